The van der Waals surface area contributed by atoms with Crippen LogP contribution in [0.4, 0.5) is 10.8 Å². The molecule has 23 heavy (non-hydrogen) atoms. The Morgan fingerprint density at radius 3 is 2.65 bits per heavy atom. The van der Waals surface area contributed by atoms with Crippen LogP contribution in [0.2, 0.25) is 0 Å². The third-order valence-corrected chi connectivity index (χ3v) is 5.54. The van der Waals surface area contributed by atoms with Gasteiger partial charge in [0.1, 0.15) is 0 Å². The van der Waals surface area contributed by atoms with E-state index in [1.807, 2.05) is 42.5 Å². The van der Waals surface area contributed by atoms with Crippen molar-refractivity contribution < 1.29 is 4.79 Å². The number of rotatable bonds is 3. The van der Waals surface area contributed by atoms with Crippen molar-refractivity contribution in [2.24, 2.45) is 5.92 Å². The highest BCUT2D eigenvalue weighted by Gasteiger charge is 2.34. The topological polar surface area (TPSA) is 45.2 Å². The minimum atomic E-state index is 0.0191. The number of hydrogen-bond donors (Lipinski definition) is 1. The van der Waals surface area contributed by atoms with Crippen LogP contribution in [0.5, 0.6) is 0 Å². The van der Waals surface area contributed by atoms with Crippen LogP contribution in [0.15, 0.2) is 53.0 Å². The lowest BCUT2D eigenvalue weighted by atomic mass is 10.00. The lowest BCUT2D eigenvalue weighted by Crippen LogP contribution is -2.52. The summed E-state index contributed by atoms with van der Waals surface area (Å²) >= 11 is 5.07. The van der Waals surface area contributed by atoms with Crippen molar-refractivity contribution >= 4 is 54.2 Å². The Morgan fingerprint density at radius 1 is 1.17 bits per heavy atom. The van der Waals surface area contributed by atoms with Gasteiger partial charge < -0.3 is 10.2 Å². The Labute approximate surface area is 146 Å². The molecule has 3 aromatic rings. The van der Waals surface area contributed by atoms with Gasteiger partial charge in [-0.1, -0.05) is 39.4 Å². The third-order valence-electron chi connectivity index (χ3n) is 3.92. The fraction of sp³-hybridized carbons (Fsp3) is 0.176. The van der Waals surface area contributed by atoms with E-state index in [1.165, 1.54) is 4.70 Å². The number of benzene rings is 2. The first-order chi connectivity index (χ1) is 11.2. The number of fused-ring (bicyclic) bond motifs is 1. The zero-order valence-corrected chi connectivity index (χ0v) is 14.6. The van der Waals surface area contributed by atoms with Crippen LogP contribution in [0.3, 0.4) is 0 Å². The van der Waals surface area contributed by atoms with E-state index in [1.54, 1.807) is 11.3 Å². The fourth-order valence-electron chi connectivity index (χ4n) is 2.57. The molecule has 1 aliphatic rings. The van der Waals surface area contributed by atoms with Crippen LogP contribution in [0.1, 0.15) is 0 Å². The van der Waals surface area contributed by atoms with E-state index in [0.717, 1.165) is 33.9 Å². The van der Waals surface area contributed by atoms with Crippen LogP contribution in [0, 0.1) is 5.92 Å². The Hall–Kier alpha value is -1.92. The molecule has 0 aliphatic carbocycles. The number of halogens is 1. The van der Waals surface area contributed by atoms with Gasteiger partial charge in [0.15, 0.2) is 5.13 Å². The highest BCUT2D eigenvalue weighted by atomic mass is 79.9. The molecule has 2 aromatic carbocycles. The van der Waals surface area contributed by atoms with Crippen LogP contribution in [0.25, 0.3) is 10.2 Å². The average Bonchev–Trinajstić information content (AvgIpc) is 2.91. The molecular formula is C17H14BrN3OS. The first-order valence-electron chi connectivity index (χ1n) is 7.36. The molecular weight excluding hydrogens is 374 g/mol. The van der Waals surface area contributed by atoms with Crippen molar-refractivity contribution in [3.8, 4) is 0 Å². The summed E-state index contributed by atoms with van der Waals surface area (Å²) in [6, 6.07) is 15.7. The molecule has 0 bridgehead atoms. The summed E-state index contributed by atoms with van der Waals surface area (Å²) in [7, 11) is 0. The number of hydrogen-bond acceptors (Lipinski definition) is 4. The van der Waals surface area contributed by atoms with Gasteiger partial charge in [-0.25, -0.2) is 4.98 Å². The molecule has 116 valence electrons. The molecule has 1 amide bonds. The summed E-state index contributed by atoms with van der Waals surface area (Å²) in [6.07, 6.45) is 0. The van der Waals surface area contributed by atoms with Gasteiger partial charge >= 0.3 is 0 Å². The number of para-hydroxylation sites is 1. The SMILES string of the molecule is O=C(Nc1ccc(Br)cc1)C1CN(c2nc3ccccc3s2)C1. The molecule has 1 aromatic heterocycles. The highest BCUT2D eigenvalue weighted by Crippen LogP contribution is 2.33. The summed E-state index contributed by atoms with van der Waals surface area (Å²) in [5.41, 5.74) is 1.85. The number of carbonyl (C=O) groups excluding carboxylic acids is 1. The van der Waals surface area contributed by atoms with E-state index in [0.29, 0.717) is 0 Å². The van der Waals surface area contributed by atoms with Gasteiger partial charge in [0.2, 0.25) is 5.91 Å². The van der Waals surface area contributed by atoms with Gasteiger partial charge in [0.25, 0.3) is 0 Å². The molecule has 0 saturated carbocycles. The number of anilines is 2. The zero-order chi connectivity index (χ0) is 15.8. The first-order valence-corrected chi connectivity index (χ1v) is 8.97. The van der Waals surface area contributed by atoms with Crippen LogP contribution in [-0.4, -0.2) is 24.0 Å². The third kappa shape index (κ3) is 2.96. The number of nitrogens with zero attached hydrogens (tertiary/aromatic N) is 2. The normalized spacial score (nSPS) is 14.7. The van der Waals surface area contributed by atoms with E-state index < -0.39 is 0 Å². The quantitative estimate of drug-likeness (QED) is 0.734. The molecule has 1 saturated heterocycles. The molecule has 0 radical (unpaired) electrons. The second kappa shape index (κ2) is 5.94. The van der Waals surface area contributed by atoms with E-state index in [-0.39, 0.29) is 11.8 Å². The number of nitrogens with one attached hydrogen (secondary N) is 1. The summed E-state index contributed by atoms with van der Waals surface area (Å²) in [5.74, 6) is 0.0929. The van der Waals surface area contributed by atoms with Crippen molar-refractivity contribution in [2.75, 3.05) is 23.3 Å². The second-order valence-electron chi connectivity index (χ2n) is 5.56. The molecule has 1 N–H and O–H groups in total. The summed E-state index contributed by atoms with van der Waals surface area (Å²) in [5, 5.41) is 3.97. The Balaban J connectivity index is 1.38. The Morgan fingerprint density at radius 2 is 1.91 bits per heavy atom. The van der Waals surface area contributed by atoms with E-state index in [4.69, 9.17) is 0 Å². The first kappa shape index (κ1) is 14.7. The molecule has 1 fully saturated rings. The highest BCUT2D eigenvalue weighted by molar-refractivity contribution is 9.10. The average molecular weight is 388 g/mol. The largest absolute Gasteiger partial charge is 0.346 e. The van der Waals surface area contributed by atoms with Gasteiger partial charge in [-0.05, 0) is 36.4 Å². The molecule has 2 heterocycles. The molecule has 0 spiro atoms. The van der Waals surface area contributed by atoms with Gasteiger partial charge in [0.05, 0.1) is 16.1 Å². The predicted molar refractivity (Wildman–Crippen MR) is 98.1 cm³/mol. The maximum atomic E-state index is 12.3. The lowest BCUT2D eigenvalue weighted by molar-refractivity contribution is -0.120. The molecule has 0 unspecified atom stereocenters. The van der Waals surface area contributed by atoms with E-state index >= 15 is 0 Å². The molecule has 4 nitrogen and oxygen atoms in total. The summed E-state index contributed by atoms with van der Waals surface area (Å²) in [4.78, 5) is 19.1. The smallest absolute Gasteiger partial charge is 0.231 e. The molecule has 1 aliphatic heterocycles. The van der Waals surface area contributed by atoms with Crippen molar-refractivity contribution in [3.05, 3.63) is 53.0 Å². The summed E-state index contributed by atoms with van der Waals surface area (Å²) in [6.45, 7) is 1.45. The molecule has 4 rings (SSSR count). The monoisotopic (exact) mass is 387 g/mol. The lowest BCUT2D eigenvalue weighted by Gasteiger charge is -2.37. The van der Waals surface area contributed by atoms with Gasteiger partial charge in [-0.3, -0.25) is 4.79 Å². The predicted octanol–water partition coefficient (Wildman–Crippen LogP) is 4.13. The van der Waals surface area contributed by atoms with Crippen LogP contribution < -0.4 is 10.2 Å². The van der Waals surface area contributed by atoms with Gasteiger partial charge in [-0.2, -0.15) is 0 Å². The minimum Gasteiger partial charge on any atom is -0.346 e. The van der Waals surface area contributed by atoms with E-state index in [2.05, 4.69) is 37.2 Å². The Kier molecular flexibility index (Phi) is 3.79. The number of carbonyl (C=O) groups is 1. The number of thiazole rings is 1. The Bertz CT molecular complexity index is 823. The molecule has 6 heteroatoms. The number of amides is 1. The van der Waals surface area contributed by atoms with Crippen molar-refractivity contribution in [3.63, 3.8) is 0 Å². The van der Waals surface area contributed by atoms with Crippen LogP contribution in [-0.2, 0) is 4.79 Å². The maximum Gasteiger partial charge on any atom is 0.231 e. The van der Waals surface area contributed by atoms with Crippen molar-refractivity contribution in [2.45, 2.75) is 0 Å². The van der Waals surface area contributed by atoms with Gasteiger partial charge in [0, 0.05) is 23.2 Å². The van der Waals surface area contributed by atoms with Crippen molar-refractivity contribution in [1.82, 2.24) is 4.98 Å². The number of aromatic nitrogens is 1. The molecule has 0 atom stereocenters. The van der Waals surface area contributed by atoms with Crippen LogP contribution >= 0.6 is 27.3 Å². The second-order valence-corrected chi connectivity index (χ2v) is 7.49. The van der Waals surface area contributed by atoms with Gasteiger partial charge in [-0.15, -0.1) is 0 Å². The minimum absolute atomic E-state index is 0.0191. The fourth-order valence-corrected chi connectivity index (χ4v) is 3.82. The van der Waals surface area contributed by atoms with Crippen molar-refractivity contribution in [1.29, 1.82) is 0 Å². The maximum absolute atomic E-state index is 12.3. The standard InChI is InChI=1S/C17H14BrN3OS/c18-12-5-7-13(8-6-12)19-16(22)11-9-21(10-11)17-20-14-3-1-2-4-15(14)23-17/h1-8,11H,9-10H2,(H,19,22). The zero-order valence-electron chi connectivity index (χ0n) is 12.2. The summed E-state index contributed by atoms with van der Waals surface area (Å²) < 4.78 is 2.19. The van der Waals surface area contributed by atoms with E-state index in [9.17, 15) is 4.79 Å².